The molecular weight excluding hydrogens is 1000 g/mol. The molecule has 0 aromatic heterocycles. The smallest absolute Gasteiger partial charge is 0.338 e. The van der Waals surface area contributed by atoms with Crippen LogP contribution in [0.15, 0.2) is 30.3 Å². The Balaban J connectivity index is 1.88. The molecule has 3 rings (SSSR count). The van der Waals surface area contributed by atoms with Crippen molar-refractivity contribution in [1.29, 1.82) is 0 Å². The molecule has 0 fully saturated rings. The van der Waals surface area contributed by atoms with E-state index in [1.807, 2.05) is 0 Å². The van der Waals surface area contributed by atoms with Crippen LogP contribution in [0.4, 0.5) is 43.9 Å². The van der Waals surface area contributed by atoms with E-state index in [0.717, 1.165) is 13.8 Å². The predicted octanol–water partition coefficient (Wildman–Crippen LogP) is 9.27. The van der Waals surface area contributed by atoms with E-state index in [1.165, 1.54) is 62.3 Å². The second-order valence-electron chi connectivity index (χ2n) is 18.9. The van der Waals surface area contributed by atoms with Crippen molar-refractivity contribution in [3.05, 3.63) is 94.1 Å². The Morgan fingerprint density at radius 3 is 1.18 bits per heavy atom. The molecule has 0 N–H and O–H groups in total. The molecule has 0 spiro atoms. The van der Waals surface area contributed by atoms with Crippen LogP contribution in [0.3, 0.4) is 0 Å². The van der Waals surface area contributed by atoms with Gasteiger partial charge in [0.2, 0.25) is 69.7 Å². The van der Waals surface area contributed by atoms with Gasteiger partial charge in [-0.1, -0.05) is 37.3 Å². The van der Waals surface area contributed by atoms with Gasteiger partial charge in [0, 0.05) is 0 Å². The zero-order valence-electron chi connectivity index (χ0n) is 41.7. The van der Waals surface area contributed by atoms with Crippen LogP contribution in [0, 0.1) is 74.4 Å². The van der Waals surface area contributed by atoms with Gasteiger partial charge in [0.15, 0.2) is 11.2 Å². The number of ether oxygens (including phenoxy) is 9. The molecule has 406 valence electrons. The minimum absolute atomic E-state index is 0.208. The Bertz CT molecular complexity index is 2430. The number of carbonyl (C=O) groups excluding carboxylic acids is 5. The van der Waals surface area contributed by atoms with Crippen LogP contribution in [0.1, 0.15) is 88.1 Å². The van der Waals surface area contributed by atoms with Gasteiger partial charge in [0.1, 0.15) is 36.1 Å². The molecule has 3 aromatic carbocycles. The molecule has 0 aliphatic rings. The number of carbonyl (C=O) groups is 5. The van der Waals surface area contributed by atoms with Crippen molar-refractivity contribution < 1.29 is 111 Å². The van der Waals surface area contributed by atoms with Gasteiger partial charge in [0.25, 0.3) is 0 Å². The zero-order valence-corrected chi connectivity index (χ0v) is 41.7. The fraction of sp³-hybridized carbons (Fsp3) is 0.531. The highest BCUT2D eigenvalue weighted by Gasteiger charge is 2.47. The molecule has 73 heavy (non-hydrogen) atoms. The van der Waals surface area contributed by atoms with Crippen molar-refractivity contribution in [3.63, 3.8) is 0 Å². The molecule has 24 heteroatoms. The van der Waals surface area contributed by atoms with Crippen LogP contribution in [-0.2, 0) is 63.7 Å². The highest BCUT2D eigenvalue weighted by atomic mass is 19.2. The third-order valence-corrected chi connectivity index (χ3v) is 11.0. The van der Waals surface area contributed by atoms with Crippen LogP contribution in [-0.4, -0.2) is 92.9 Å². The van der Waals surface area contributed by atoms with E-state index in [0.29, 0.717) is 5.56 Å². The van der Waals surface area contributed by atoms with Gasteiger partial charge >= 0.3 is 29.8 Å². The van der Waals surface area contributed by atoms with Crippen LogP contribution < -0.4 is 9.47 Å². The number of benzene rings is 3. The minimum Gasteiger partial charge on any atom is -0.462 e. The van der Waals surface area contributed by atoms with Gasteiger partial charge in [-0.05, 0) is 81.2 Å². The van der Waals surface area contributed by atoms with E-state index in [-0.39, 0.29) is 13.0 Å². The average molecular weight is 1060 g/mol. The summed E-state index contributed by atoms with van der Waals surface area (Å²) in [6, 6.07) is 8.31. The minimum atomic E-state index is -2.51. The summed E-state index contributed by atoms with van der Waals surface area (Å²) in [5.74, 6) is -35.0. The number of esters is 5. The first-order valence-electron chi connectivity index (χ1n) is 22.2. The molecule has 0 aliphatic carbocycles. The topological polar surface area (TPSA) is 168 Å². The van der Waals surface area contributed by atoms with Crippen molar-refractivity contribution in [2.45, 2.75) is 113 Å². The Morgan fingerprint density at radius 1 is 0.438 bits per heavy atom. The van der Waals surface area contributed by atoms with E-state index < -0.39 is 179 Å². The van der Waals surface area contributed by atoms with Crippen molar-refractivity contribution in [1.82, 2.24) is 0 Å². The van der Waals surface area contributed by atoms with Gasteiger partial charge in [-0.2, -0.15) is 17.6 Å². The lowest BCUT2D eigenvalue weighted by Gasteiger charge is -2.35. The first-order chi connectivity index (χ1) is 33.7. The fourth-order valence-electron chi connectivity index (χ4n) is 5.66. The van der Waals surface area contributed by atoms with Crippen molar-refractivity contribution >= 4 is 29.8 Å². The van der Waals surface area contributed by atoms with E-state index in [4.69, 9.17) is 33.2 Å². The molecule has 4 atom stereocenters. The quantitative estimate of drug-likeness (QED) is 0.0186. The highest BCUT2D eigenvalue weighted by Crippen LogP contribution is 2.35. The molecule has 0 saturated carbocycles. The molecule has 0 amide bonds. The van der Waals surface area contributed by atoms with Gasteiger partial charge < -0.3 is 42.6 Å². The van der Waals surface area contributed by atoms with Crippen molar-refractivity contribution in [3.8, 4) is 11.5 Å². The molecule has 0 radical (unpaired) electrons. The Kier molecular flexibility index (Phi) is 21.0. The first-order valence-corrected chi connectivity index (χ1v) is 22.2. The normalized spacial score (nSPS) is 15.2. The molecule has 0 aliphatic heterocycles. The predicted molar refractivity (Wildman–Crippen MR) is 233 cm³/mol. The third kappa shape index (κ3) is 15.1. The van der Waals surface area contributed by atoms with Crippen LogP contribution in [0.25, 0.3) is 0 Å². The van der Waals surface area contributed by atoms with Crippen molar-refractivity contribution in [2.24, 2.45) is 16.2 Å². The average Bonchev–Trinajstić information content (AvgIpc) is 3.36. The molecule has 3 aromatic rings. The molecule has 14 nitrogen and oxygen atoms in total. The van der Waals surface area contributed by atoms with Crippen molar-refractivity contribution in [2.75, 3.05) is 39.6 Å². The lowest BCUT2D eigenvalue weighted by molar-refractivity contribution is -0.197. The maximum absolute atomic E-state index is 14.5. The Morgan fingerprint density at radius 2 is 0.795 bits per heavy atom. The zero-order chi connectivity index (χ0) is 55.6. The summed E-state index contributed by atoms with van der Waals surface area (Å²) < 4.78 is 190. The second kappa shape index (κ2) is 24.9. The number of hydrogen-bond donors (Lipinski definition) is 0. The van der Waals surface area contributed by atoms with Crippen LogP contribution in [0.2, 0.25) is 0 Å². The largest absolute Gasteiger partial charge is 0.462 e. The molecule has 4 unspecified atom stereocenters. The molecule has 0 saturated heterocycles. The number of halogens is 10. The summed E-state index contributed by atoms with van der Waals surface area (Å²) >= 11 is 0. The van der Waals surface area contributed by atoms with Gasteiger partial charge in [0.05, 0.1) is 38.6 Å². The van der Waals surface area contributed by atoms with E-state index >= 15 is 0 Å². The number of hydrogen-bond acceptors (Lipinski definition) is 14. The van der Waals surface area contributed by atoms with Gasteiger partial charge in [-0.25, -0.2) is 35.9 Å². The van der Waals surface area contributed by atoms with Crippen LogP contribution >= 0.6 is 0 Å². The third-order valence-electron chi connectivity index (χ3n) is 11.0. The summed E-state index contributed by atoms with van der Waals surface area (Å²) in [5.41, 5.74) is -9.79. The monoisotopic (exact) mass is 1060 g/mol. The summed E-state index contributed by atoms with van der Waals surface area (Å²) in [7, 11) is 0. The van der Waals surface area contributed by atoms with E-state index in [9.17, 15) is 67.9 Å². The lowest BCUT2D eigenvalue weighted by atomic mass is 9.91. The first kappa shape index (κ1) is 61.4. The highest BCUT2D eigenvalue weighted by molar-refractivity contribution is 5.83. The SMILES string of the molecule is CCC(C)(OCC(C)(COC(C)(C)C(=O)OCC(C)(COC(C)C)C(=O)Oc1c(F)c(F)c(F)c(F)c1F)C(=O)OCc1ccccc1)C(=O)OCC(C)(COC(C)C)C(=O)Oc1c(F)c(F)c(F)c(F)c1F. The van der Waals surface area contributed by atoms with E-state index in [1.54, 1.807) is 30.3 Å². The van der Waals surface area contributed by atoms with E-state index in [2.05, 4.69) is 9.47 Å². The second-order valence-corrected chi connectivity index (χ2v) is 18.9. The Labute approximate surface area is 413 Å². The fourth-order valence-corrected chi connectivity index (χ4v) is 5.66. The summed E-state index contributed by atoms with van der Waals surface area (Å²) in [5, 5.41) is 0. The molecule has 0 heterocycles. The van der Waals surface area contributed by atoms with Crippen LogP contribution in [0.5, 0.6) is 11.5 Å². The molecule has 0 bridgehead atoms. The number of rotatable bonds is 26. The molecular formula is C49H56F10O14. The summed E-state index contributed by atoms with van der Waals surface area (Å²) in [6.07, 6.45) is -1.43. The summed E-state index contributed by atoms with van der Waals surface area (Å²) in [4.78, 5) is 68.2. The van der Waals surface area contributed by atoms with Gasteiger partial charge in [-0.3, -0.25) is 14.4 Å². The lowest BCUT2D eigenvalue weighted by Crippen LogP contribution is -2.50. The maximum Gasteiger partial charge on any atom is 0.338 e. The summed E-state index contributed by atoms with van der Waals surface area (Å²) in [6.45, 7) is 9.39. The Hall–Kier alpha value is -5.85. The van der Waals surface area contributed by atoms with Gasteiger partial charge in [-0.15, -0.1) is 0 Å². The maximum atomic E-state index is 14.5. The standard InChI is InChI=1S/C49H56F10O14/c1-12-49(11,44(64)69-22-47(9,20-67-26(4)5)43(63)73-39-36(58)32(54)29(51)33(55)37(39)59)71-24-48(10,41(61)65-18-27-16-14-13-15-17-27)23-70-45(6,7)40(60)68-21-46(8,19-66-25(2)3)42(62)72-38-34(56)30(52)28(50)31(53)35(38)57/h13-17,25-26H,12,18-24H2,1-11H3.